The largest absolute Gasteiger partial charge is 0.325 e. The van der Waals surface area contributed by atoms with Gasteiger partial charge in [-0.2, -0.15) is 5.10 Å². The lowest BCUT2D eigenvalue weighted by Crippen LogP contribution is -2.27. The predicted molar refractivity (Wildman–Crippen MR) is 88.4 cm³/mol. The number of nitrogens with one attached hydrogen (secondary N) is 3. The van der Waals surface area contributed by atoms with E-state index in [1.165, 1.54) is 6.07 Å². The molecule has 1 aliphatic carbocycles. The molecule has 2 aromatic heterocycles. The minimum atomic E-state index is -0.556. The molecule has 2 heterocycles. The zero-order valence-electron chi connectivity index (χ0n) is 12.7. The summed E-state index contributed by atoms with van der Waals surface area (Å²) >= 11 is 0. The molecular weight excluding hydrogens is 308 g/mol. The summed E-state index contributed by atoms with van der Waals surface area (Å²) in [6.45, 7) is 0. The van der Waals surface area contributed by atoms with Crippen LogP contribution in [-0.4, -0.2) is 26.9 Å². The second kappa shape index (κ2) is 5.45. The maximum absolute atomic E-state index is 12.5. The Morgan fingerprint density at radius 2 is 2.08 bits per heavy atom. The fourth-order valence-electron chi connectivity index (χ4n) is 3.01. The number of carbonyl (C=O) groups excluding carboxylic acids is 2. The lowest BCUT2D eigenvalue weighted by Gasteiger charge is -2.15. The fourth-order valence-corrected chi connectivity index (χ4v) is 3.01. The molecule has 3 N–H and O–H groups in total. The van der Waals surface area contributed by atoms with Gasteiger partial charge in [0, 0.05) is 23.1 Å². The summed E-state index contributed by atoms with van der Waals surface area (Å²) in [5, 5.41) is 10.3. The van der Waals surface area contributed by atoms with Crippen LogP contribution in [0.1, 0.15) is 39.3 Å². The average molecular weight is 322 g/mol. The van der Waals surface area contributed by atoms with Crippen molar-refractivity contribution in [1.29, 1.82) is 0 Å². The van der Waals surface area contributed by atoms with Gasteiger partial charge in [0.25, 0.3) is 11.5 Å². The number of anilines is 1. The van der Waals surface area contributed by atoms with Crippen molar-refractivity contribution < 1.29 is 9.59 Å². The van der Waals surface area contributed by atoms with E-state index in [9.17, 15) is 14.4 Å². The van der Waals surface area contributed by atoms with Crippen molar-refractivity contribution in [1.82, 2.24) is 15.2 Å². The molecule has 7 heteroatoms. The Bertz CT molecular complexity index is 1030. The highest BCUT2D eigenvalue weighted by molar-refractivity contribution is 6.09. The number of hydrogen-bond donors (Lipinski definition) is 3. The number of nitrogens with zero attached hydrogens (tertiary/aromatic N) is 1. The fraction of sp³-hybridized carbons (Fsp3) is 0.176. The van der Waals surface area contributed by atoms with Gasteiger partial charge in [0.05, 0.1) is 17.4 Å². The van der Waals surface area contributed by atoms with Gasteiger partial charge < -0.3 is 10.3 Å². The number of rotatable bonds is 2. The second-order valence-corrected chi connectivity index (χ2v) is 5.78. The molecule has 4 rings (SSSR count). The molecule has 0 bridgehead atoms. The number of pyridine rings is 1. The number of ketones is 1. The van der Waals surface area contributed by atoms with E-state index in [-0.39, 0.29) is 11.3 Å². The minimum absolute atomic E-state index is 0.0442. The Labute approximate surface area is 136 Å². The van der Waals surface area contributed by atoms with Gasteiger partial charge >= 0.3 is 0 Å². The number of aromatic amines is 2. The number of para-hydroxylation sites is 1. The Hall–Kier alpha value is -3.22. The highest BCUT2D eigenvalue weighted by atomic mass is 16.2. The summed E-state index contributed by atoms with van der Waals surface area (Å²) < 4.78 is 0. The highest BCUT2D eigenvalue weighted by Crippen LogP contribution is 2.22. The van der Waals surface area contributed by atoms with Crippen LogP contribution in [0.25, 0.3) is 10.9 Å². The van der Waals surface area contributed by atoms with Crippen LogP contribution in [0.2, 0.25) is 0 Å². The quantitative estimate of drug-likeness (QED) is 0.671. The Morgan fingerprint density at radius 1 is 1.21 bits per heavy atom. The van der Waals surface area contributed by atoms with Crippen LogP contribution >= 0.6 is 0 Å². The number of fused-ring (bicyclic) bond motifs is 2. The van der Waals surface area contributed by atoms with Crippen molar-refractivity contribution in [2.45, 2.75) is 19.3 Å². The molecule has 0 spiro atoms. The smallest absolute Gasteiger partial charge is 0.261 e. The molecule has 1 amide bonds. The third kappa shape index (κ3) is 2.30. The molecule has 24 heavy (non-hydrogen) atoms. The first kappa shape index (κ1) is 14.4. The summed E-state index contributed by atoms with van der Waals surface area (Å²) in [6, 6.07) is 6.77. The molecule has 0 unspecified atom stereocenters. The maximum Gasteiger partial charge on any atom is 0.261 e. The number of hydrogen-bond acceptors (Lipinski definition) is 4. The van der Waals surface area contributed by atoms with E-state index in [0.717, 1.165) is 11.8 Å². The van der Waals surface area contributed by atoms with E-state index >= 15 is 0 Å². The third-order valence-corrected chi connectivity index (χ3v) is 4.22. The summed E-state index contributed by atoms with van der Waals surface area (Å²) in [5.74, 6) is -0.600. The molecule has 1 aromatic carbocycles. The number of H-pyrrole nitrogens is 2. The third-order valence-electron chi connectivity index (χ3n) is 4.22. The monoisotopic (exact) mass is 322 g/mol. The molecule has 0 fully saturated rings. The van der Waals surface area contributed by atoms with E-state index in [2.05, 4.69) is 20.5 Å². The predicted octanol–water partition coefficient (Wildman–Crippen LogP) is 2.02. The molecule has 1 aliphatic rings. The van der Waals surface area contributed by atoms with Gasteiger partial charge in [-0.05, 0) is 25.0 Å². The zero-order chi connectivity index (χ0) is 16.7. The first-order valence-corrected chi connectivity index (χ1v) is 7.66. The normalized spacial score (nSPS) is 13.8. The molecule has 7 nitrogen and oxygen atoms in total. The van der Waals surface area contributed by atoms with Gasteiger partial charge in [0.15, 0.2) is 5.78 Å². The maximum atomic E-state index is 12.5. The molecular formula is C17H14N4O3. The standard InChI is InChI=1S/C17H14N4O3/c22-14-6-2-4-12-10(14)7-11(16(23)19-12)17(24)20-13-5-1-3-9-8-18-21-15(9)13/h1,3,5,7-8H,2,4,6H2,(H,18,21)(H,19,23)(H,20,24). The van der Waals surface area contributed by atoms with Crippen molar-refractivity contribution in [3.05, 3.63) is 57.6 Å². The van der Waals surface area contributed by atoms with Gasteiger partial charge in [-0.15, -0.1) is 0 Å². The topological polar surface area (TPSA) is 108 Å². The Kier molecular flexibility index (Phi) is 3.26. The molecule has 0 atom stereocenters. The SMILES string of the molecule is O=C1CCCc2[nH]c(=O)c(C(=O)Nc3cccc4cn[nH]c34)cc21. The van der Waals surface area contributed by atoms with E-state index in [0.29, 0.717) is 35.3 Å². The van der Waals surface area contributed by atoms with Crippen molar-refractivity contribution >= 4 is 28.3 Å². The van der Waals surface area contributed by atoms with Crippen LogP contribution < -0.4 is 10.9 Å². The van der Waals surface area contributed by atoms with Gasteiger partial charge in [-0.1, -0.05) is 12.1 Å². The van der Waals surface area contributed by atoms with Crippen molar-refractivity contribution in [3.8, 4) is 0 Å². The first-order valence-electron chi connectivity index (χ1n) is 7.66. The number of benzene rings is 1. The molecule has 0 radical (unpaired) electrons. The van der Waals surface area contributed by atoms with Crippen LogP contribution in [-0.2, 0) is 6.42 Å². The lowest BCUT2D eigenvalue weighted by atomic mass is 9.93. The zero-order valence-corrected chi connectivity index (χ0v) is 12.7. The van der Waals surface area contributed by atoms with Gasteiger partial charge in [0.1, 0.15) is 5.56 Å². The summed E-state index contributed by atoms with van der Waals surface area (Å²) in [4.78, 5) is 39.4. The van der Waals surface area contributed by atoms with Crippen LogP contribution in [0.3, 0.4) is 0 Å². The van der Waals surface area contributed by atoms with Gasteiger partial charge in [0.2, 0.25) is 0 Å². The van der Waals surface area contributed by atoms with Gasteiger partial charge in [-0.25, -0.2) is 0 Å². The van der Waals surface area contributed by atoms with E-state index < -0.39 is 11.5 Å². The van der Waals surface area contributed by atoms with E-state index in [1.54, 1.807) is 18.3 Å². The van der Waals surface area contributed by atoms with Crippen LogP contribution in [0.15, 0.2) is 35.3 Å². The Morgan fingerprint density at radius 3 is 2.96 bits per heavy atom. The van der Waals surface area contributed by atoms with Gasteiger partial charge in [-0.3, -0.25) is 19.5 Å². The number of amides is 1. The van der Waals surface area contributed by atoms with Crippen LogP contribution in [0.4, 0.5) is 5.69 Å². The van der Waals surface area contributed by atoms with Crippen molar-refractivity contribution in [2.75, 3.05) is 5.32 Å². The number of carbonyl (C=O) groups is 2. The molecule has 120 valence electrons. The minimum Gasteiger partial charge on any atom is -0.325 e. The van der Waals surface area contributed by atoms with E-state index in [1.807, 2.05) is 6.07 Å². The van der Waals surface area contributed by atoms with E-state index in [4.69, 9.17) is 0 Å². The number of aromatic nitrogens is 3. The summed E-state index contributed by atoms with van der Waals surface area (Å²) in [6.07, 6.45) is 3.45. The second-order valence-electron chi connectivity index (χ2n) is 5.78. The Balaban J connectivity index is 1.72. The lowest BCUT2D eigenvalue weighted by molar-refractivity contribution is 0.0971. The van der Waals surface area contributed by atoms with Crippen LogP contribution in [0.5, 0.6) is 0 Å². The number of aryl methyl sites for hydroxylation is 1. The first-order chi connectivity index (χ1) is 11.6. The highest BCUT2D eigenvalue weighted by Gasteiger charge is 2.22. The van der Waals surface area contributed by atoms with Crippen LogP contribution in [0, 0.1) is 0 Å². The summed E-state index contributed by atoms with van der Waals surface area (Å²) in [5.41, 5.74) is 1.70. The van der Waals surface area contributed by atoms with Crippen molar-refractivity contribution in [2.24, 2.45) is 0 Å². The number of Topliss-reactive ketones (excluding diaryl/α,β-unsaturated/α-hetero) is 1. The molecule has 0 aliphatic heterocycles. The average Bonchev–Trinajstić information content (AvgIpc) is 3.04. The molecule has 0 saturated carbocycles. The molecule has 0 saturated heterocycles. The summed E-state index contributed by atoms with van der Waals surface area (Å²) in [7, 11) is 0. The molecule has 3 aromatic rings. The van der Waals surface area contributed by atoms with Crippen molar-refractivity contribution in [3.63, 3.8) is 0 Å².